The third-order valence-corrected chi connectivity index (χ3v) is 6.10. The predicted molar refractivity (Wildman–Crippen MR) is 108 cm³/mol. The molecule has 0 aliphatic carbocycles. The van der Waals surface area contributed by atoms with Crippen LogP contribution in [0.3, 0.4) is 0 Å². The highest BCUT2D eigenvalue weighted by atomic mass is 35.5. The van der Waals surface area contributed by atoms with Gasteiger partial charge in [-0.25, -0.2) is 0 Å². The molecule has 2 heterocycles. The Morgan fingerprint density at radius 2 is 2.04 bits per heavy atom. The van der Waals surface area contributed by atoms with E-state index in [0.29, 0.717) is 24.6 Å². The molecule has 26 heavy (non-hydrogen) atoms. The van der Waals surface area contributed by atoms with E-state index in [9.17, 15) is 4.79 Å². The van der Waals surface area contributed by atoms with E-state index < -0.39 is 0 Å². The topological polar surface area (TPSA) is 64.1 Å². The van der Waals surface area contributed by atoms with Crippen LogP contribution in [0.25, 0.3) is 9.88 Å². The number of thiophene rings is 1. The number of ether oxygens (including phenoxy) is 1. The van der Waals surface area contributed by atoms with Crippen LogP contribution in [0.5, 0.6) is 5.75 Å². The summed E-state index contributed by atoms with van der Waals surface area (Å²) in [5.41, 5.74) is 1.97. The quantitative estimate of drug-likeness (QED) is 0.537. The van der Waals surface area contributed by atoms with Gasteiger partial charge in [0.1, 0.15) is 5.75 Å². The van der Waals surface area contributed by atoms with Gasteiger partial charge in [-0.05, 0) is 55.0 Å². The van der Waals surface area contributed by atoms with Gasteiger partial charge in [-0.2, -0.15) is 0 Å². The second-order valence-corrected chi connectivity index (χ2v) is 8.06. The first-order chi connectivity index (χ1) is 12.5. The van der Waals surface area contributed by atoms with Crippen LogP contribution in [0.2, 0.25) is 5.02 Å². The van der Waals surface area contributed by atoms with Crippen molar-refractivity contribution in [3.8, 4) is 15.6 Å². The Balaban J connectivity index is 1.43. The van der Waals surface area contributed by atoms with Crippen molar-refractivity contribution in [2.75, 3.05) is 11.9 Å². The maximum atomic E-state index is 12.0. The minimum Gasteiger partial charge on any atom is -0.494 e. The molecule has 0 fully saturated rings. The Kier molecular flexibility index (Phi) is 6.24. The Labute approximate surface area is 165 Å². The Morgan fingerprint density at radius 3 is 2.73 bits per heavy atom. The molecule has 0 bridgehead atoms. The molecule has 5 nitrogen and oxygen atoms in total. The first-order valence-electron chi connectivity index (χ1n) is 8.09. The number of halogens is 1. The second kappa shape index (κ2) is 8.62. The van der Waals surface area contributed by atoms with Crippen LogP contribution in [0.15, 0.2) is 29.6 Å². The number of aromatic nitrogens is 2. The molecule has 3 aromatic rings. The van der Waals surface area contributed by atoms with Crippen LogP contribution in [0.4, 0.5) is 5.13 Å². The molecule has 3 rings (SSSR count). The monoisotopic (exact) mass is 407 g/mol. The summed E-state index contributed by atoms with van der Waals surface area (Å²) in [6, 6.07) is 7.75. The maximum absolute atomic E-state index is 12.0. The fourth-order valence-electron chi connectivity index (χ4n) is 2.37. The summed E-state index contributed by atoms with van der Waals surface area (Å²) in [6.07, 6.45) is 0.975. The average molecular weight is 408 g/mol. The molecule has 0 unspecified atom stereocenters. The molecule has 0 saturated heterocycles. The minimum atomic E-state index is -0.0917. The first kappa shape index (κ1) is 18.8. The predicted octanol–water partition coefficient (Wildman–Crippen LogP) is 5.33. The number of nitrogens with one attached hydrogen (secondary N) is 1. The van der Waals surface area contributed by atoms with Crippen molar-refractivity contribution < 1.29 is 9.53 Å². The number of amides is 1. The van der Waals surface area contributed by atoms with E-state index in [2.05, 4.69) is 15.5 Å². The van der Waals surface area contributed by atoms with Crippen LogP contribution >= 0.6 is 34.3 Å². The standard InChI is InChI=1S/C18H18ClN3O2S2/c1-11-9-13(10-12(2)16(11)19)24-7-3-6-15(23)20-18-22-21-17(26-18)14-5-4-8-25-14/h4-5,8-10H,3,6-7H2,1-2H3,(H,20,22,23). The van der Waals surface area contributed by atoms with Gasteiger partial charge in [-0.1, -0.05) is 29.0 Å². The Morgan fingerprint density at radius 1 is 1.27 bits per heavy atom. The third kappa shape index (κ3) is 4.81. The summed E-state index contributed by atoms with van der Waals surface area (Å²) in [6.45, 7) is 4.36. The van der Waals surface area contributed by atoms with E-state index >= 15 is 0 Å². The lowest BCUT2D eigenvalue weighted by atomic mass is 10.1. The van der Waals surface area contributed by atoms with Crippen molar-refractivity contribution in [1.29, 1.82) is 0 Å². The van der Waals surface area contributed by atoms with Crippen LogP contribution in [0, 0.1) is 13.8 Å². The Bertz CT molecular complexity index is 871. The number of hydrogen-bond acceptors (Lipinski definition) is 6. The number of carbonyl (C=O) groups is 1. The third-order valence-electron chi connectivity index (χ3n) is 3.63. The van der Waals surface area contributed by atoms with Gasteiger partial charge >= 0.3 is 0 Å². The smallest absolute Gasteiger partial charge is 0.226 e. The van der Waals surface area contributed by atoms with Gasteiger partial charge < -0.3 is 10.1 Å². The largest absolute Gasteiger partial charge is 0.494 e. The van der Waals surface area contributed by atoms with Gasteiger partial charge in [0.15, 0.2) is 5.01 Å². The minimum absolute atomic E-state index is 0.0917. The zero-order chi connectivity index (χ0) is 18.5. The van der Waals surface area contributed by atoms with Crippen molar-refractivity contribution in [1.82, 2.24) is 10.2 Å². The van der Waals surface area contributed by atoms with Gasteiger partial charge in [0, 0.05) is 11.4 Å². The number of aryl methyl sites for hydroxylation is 2. The fourth-order valence-corrected chi connectivity index (χ4v) is 4.03. The maximum Gasteiger partial charge on any atom is 0.226 e. The first-order valence-corrected chi connectivity index (χ1v) is 10.2. The molecule has 136 valence electrons. The van der Waals surface area contributed by atoms with Crippen molar-refractivity contribution in [3.05, 3.63) is 45.8 Å². The normalized spacial score (nSPS) is 10.7. The average Bonchev–Trinajstić information content (AvgIpc) is 3.28. The lowest BCUT2D eigenvalue weighted by Gasteiger charge is -2.09. The molecule has 0 radical (unpaired) electrons. The molecule has 0 atom stereocenters. The summed E-state index contributed by atoms with van der Waals surface area (Å²) in [7, 11) is 0. The second-order valence-electron chi connectivity index (χ2n) is 5.76. The molecule has 0 saturated carbocycles. The van der Waals surface area contributed by atoms with Gasteiger partial charge in [0.05, 0.1) is 11.5 Å². The number of hydrogen-bond donors (Lipinski definition) is 1. The molecule has 1 N–H and O–H groups in total. The Hall–Kier alpha value is -1.96. The lowest BCUT2D eigenvalue weighted by Crippen LogP contribution is -2.12. The van der Waals surface area contributed by atoms with E-state index in [-0.39, 0.29) is 5.91 Å². The molecular weight excluding hydrogens is 390 g/mol. The highest BCUT2D eigenvalue weighted by molar-refractivity contribution is 7.23. The number of benzene rings is 1. The van der Waals surface area contributed by atoms with Crippen molar-refractivity contribution in [3.63, 3.8) is 0 Å². The summed E-state index contributed by atoms with van der Waals surface area (Å²) in [4.78, 5) is 13.1. The molecule has 0 aliphatic heterocycles. The lowest BCUT2D eigenvalue weighted by molar-refractivity contribution is -0.116. The molecule has 1 amide bonds. The van der Waals surface area contributed by atoms with Gasteiger partial charge in [0.25, 0.3) is 0 Å². The molecule has 2 aromatic heterocycles. The molecule has 8 heteroatoms. The van der Waals surface area contributed by atoms with E-state index in [1.807, 2.05) is 43.5 Å². The number of carbonyl (C=O) groups excluding carboxylic acids is 1. The number of anilines is 1. The number of rotatable bonds is 7. The summed E-state index contributed by atoms with van der Waals surface area (Å²) in [5.74, 6) is 0.681. The zero-order valence-electron chi connectivity index (χ0n) is 14.4. The molecular formula is C18H18ClN3O2S2. The molecule has 1 aromatic carbocycles. The number of nitrogens with zero attached hydrogens (tertiary/aromatic N) is 2. The zero-order valence-corrected chi connectivity index (χ0v) is 16.8. The van der Waals surface area contributed by atoms with E-state index in [1.54, 1.807) is 11.3 Å². The SMILES string of the molecule is Cc1cc(OCCCC(=O)Nc2nnc(-c3cccs3)s2)cc(C)c1Cl. The fraction of sp³-hybridized carbons (Fsp3) is 0.278. The van der Waals surface area contributed by atoms with Crippen LogP contribution in [-0.4, -0.2) is 22.7 Å². The summed E-state index contributed by atoms with van der Waals surface area (Å²) >= 11 is 9.11. The highest BCUT2D eigenvalue weighted by Gasteiger charge is 2.10. The highest BCUT2D eigenvalue weighted by Crippen LogP contribution is 2.29. The van der Waals surface area contributed by atoms with E-state index in [1.165, 1.54) is 11.3 Å². The van der Waals surface area contributed by atoms with Crippen LogP contribution < -0.4 is 10.1 Å². The summed E-state index contributed by atoms with van der Waals surface area (Å²) < 4.78 is 5.71. The van der Waals surface area contributed by atoms with Gasteiger partial charge in [-0.3, -0.25) is 4.79 Å². The molecule has 0 spiro atoms. The van der Waals surface area contributed by atoms with Crippen LogP contribution in [-0.2, 0) is 4.79 Å². The van der Waals surface area contributed by atoms with Gasteiger partial charge in [-0.15, -0.1) is 21.5 Å². The van der Waals surface area contributed by atoms with Crippen molar-refractivity contribution in [2.45, 2.75) is 26.7 Å². The van der Waals surface area contributed by atoms with Gasteiger partial charge in [0.2, 0.25) is 11.0 Å². The van der Waals surface area contributed by atoms with Crippen molar-refractivity contribution in [2.24, 2.45) is 0 Å². The van der Waals surface area contributed by atoms with E-state index in [4.69, 9.17) is 16.3 Å². The van der Waals surface area contributed by atoms with Crippen molar-refractivity contribution >= 4 is 45.3 Å². The van der Waals surface area contributed by atoms with Crippen LogP contribution in [0.1, 0.15) is 24.0 Å². The molecule has 0 aliphatic rings. The van der Waals surface area contributed by atoms with E-state index in [0.717, 1.165) is 31.8 Å². The summed E-state index contributed by atoms with van der Waals surface area (Å²) in [5, 5.41) is 15.0.